The largest absolute Gasteiger partial charge is 0.496 e. The van der Waals surface area contributed by atoms with E-state index in [1.54, 1.807) is 26.2 Å². The molecule has 2 aromatic carbocycles. The third-order valence-corrected chi connectivity index (χ3v) is 5.40. The minimum absolute atomic E-state index is 0.171. The predicted molar refractivity (Wildman–Crippen MR) is 110 cm³/mol. The fourth-order valence-electron chi connectivity index (χ4n) is 3.43. The number of benzene rings is 2. The second-order valence-electron chi connectivity index (χ2n) is 7.29. The van der Waals surface area contributed by atoms with E-state index in [0.29, 0.717) is 23.8 Å². The van der Waals surface area contributed by atoms with E-state index in [-0.39, 0.29) is 12.3 Å². The smallest absolute Gasteiger partial charge is 0.326 e. The van der Waals surface area contributed by atoms with Gasteiger partial charge in [-0.2, -0.15) is 0 Å². The van der Waals surface area contributed by atoms with Gasteiger partial charge in [0.2, 0.25) is 0 Å². The molecule has 0 radical (unpaired) electrons. The second-order valence-corrected chi connectivity index (χ2v) is 7.73. The van der Waals surface area contributed by atoms with Crippen molar-refractivity contribution in [1.29, 1.82) is 0 Å². The Morgan fingerprint density at radius 2 is 2.00 bits per heavy atom. The van der Waals surface area contributed by atoms with Gasteiger partial charge >= 0.3 is 5.97 Å². The highest BCUT2D eigenvalue weighted by atomic mass is 35.5. The number of rotatable bonds is 7. The average Bonchev–Trinajstić information content (AvgIpc) is 3.16. The summed E-state index contributed by atoms with van der Waals surface area (Å²) in [6, 6.07) is 11.8. The molecule has 2 N–H and O–H groups in total. The minimum Gasteiger partial charge on any atom is -0.496 e. The first kappa shape index (κ1) is 21.1. The molecule has 2 atom stereocenters. The highest BCUT2D eigenvalue weighted by Crippen LogP contribution is 2.32. The molecule has 1 aliphatic heterocycles. The lowest BCUT2D eigenvalue weighted by Gasteiger charge is -2.24. The quantitative estimate of drug-likeness (QED) is 0.717. The van der Waals surface area contributed by atoms with Crippen LogP contribution in [0, 0.1) is 0 Å². The molecule has 0 bridgehead atoms. The number of ether oxygens (including phenoxy) is 2. The van der Waals surface area contributed by atoms with Crippen molar-refractivity contribution in [1.82, 2.24) is 5.32 Å². The van der Waals surface area contributed by atoms with Gasteiger partial charge in [0.1, 0.15) is 17.4 Å². The van der Waals surface area contributed by atoms with Crippen molar-refractivity contribution in [3.05, 3.63) is 53.1 Å². The normalized spacial score (nSPS) is 19.6. The summed E-state index contributed by atoms with van der Waals surface area (Å²) in [5.74, 6) is -0.772. The van der Waals surface area contributed by atoms with Crippen LogP contribution < -0.4 is 10.1 Å². The Morgan fingerprint density at radius 1 is 1.28 bits per heavy atom. The molecule has 1 saturated heterocycles. The average molecular weight is 418 g/mol. The molecule has 0 aliphatic carbocycles. The van der Waals surface area contributed by atoms with Gasteiger partial charge in [0.15, 0.2) is 0 Å². The van der Waals surface area contributed by atoms with Crippen LogP contribution in [0.2, 0.25) is 5.02 Å². The molecule has 1 unspecified atom stereocenters. The van der Waals surface area contributed by atoms with Gasteiger partial charge in [-0.05, 0) is 49.1 Å². The molecule has 3 rings (SSSR count). The molecular formula is C22H24ClNO5. The van der Waals surface area contributed by atoms with Crippen molar-refractivity contribution in [2.45, 2.75) is 37.8 Å². The third kappa shape index (κ3) is 4.89. The van der Waals surface area contributed by atoms with E-state index in [4.69, 9.17) is 21.1 Å². The Hall–Kier alpha value is -2.57. The summed E-state index contributed by atoms with van der Waals surface area (Å²) >= 11 is 6.10. The van der Waals surface area contributed by atoms with E-state index in [2.05, 4.69) is 5.32 Å². The maximum Gasteiger partial charge on any atom is 0.326 e. The van der Waals surface area contributed by atoms with Gasteiger partial charge < -0.3 is 19.9 Å². The highest BCUT2D eigenvalue weighted by molar-refractivity contribution is 6.31. The van der Waals surface area contributed by atoms with Crippen molar-refractivity contribution in [3.8, 4) is 16.9 Å². The lowest BCUT2D eigenvalue weighted by atomic mass is 9.98. The van der Waals surface area contributed by atoms with E-state index in [0.717, 1.165) is 23.1 Å². The van der Waals surface area contributed by atoms with Crippen LogP contribution in [-0.2, 0) is 20.7 Å². The molecule has 0 saturated carbocycles. The van der Waals surface area contributed by atoms with Crippen LogP contribution in [0.5, 0.6) is 5.75 Å². The predicted octanol–water partition coefficient (Wildman–Crippen LogP) is 3.70. The molecule has 7 heteroatoms. The summed E-state index contributed by atoms with van der Waals surface area (Å²) in [6.45, 7) is 2.21. The maximum absolute atomic E-state index is 12.5. The van der Waals surface area contributed by atoms with Crippen molar-refractivity contribution >= 4 is 23.5 Å². The molecule has 1 amide bonds. The third-order valence-electron chi connectivity index (χ3n) is 5.17. The molecule has 1 aliphatic rings. The molecule has 1 fully saturated rings. The number of amides is 1. The number of carboxylic acids is 1. The lowest BCUT2D eigenvalue weighted by molar-refractivity contribution is -0.147. The van der Waals surface area contributed by atoms with Gasteiger partial charge in [-0.3, -0.25) is 4.79 Å². The van der Waals surface area contributed by atoms with E-state index in [1.165, 1.54) is 0 Å². The zero-order chi connectivity index (χ0) is 21.0. The van der Waals surface area contributed by atoms with Crippen LogP contribution >= 0.6 is 11.6 Å². The fourth-order valence-corrected chi connectivity index (χ4v) is 3.60. The van der Waals surface area contributed by atoms with E-state index in [9.17, 15) is 14.7 Å². The first-order chi connectivity index (χ1) is 13.8. The molecule has 29 heavy (non-hydrogen) atoms. The number of methoxy groups -OCH3 is 1. The van der Waals surface area contributed by atoms with Gasteiger partial charge in [0, 0.05) is 23.6 Å². The first-order valence-electron chi connectivity index (χ1n) is 9.43. The Balaban J connectivity index is 1.74. The van der Waals surface area contributed by atoms with Gasteiger partial charge in [0.05, 0.1) is 7.11 Å². The zero-order valence-corrected chi connectivity index (χ0v) is 17.2. The fraction of sp³-hybridized carbons (Fsp3) is 0.364. The van der Waals surface area contributed by atoms with Crippen LogP contribution in [0.25, 0.3) is 11.1 Å². The molecule has 0 aromatic heterocycles. The number of nitrogens with one attached hydrogen (secondary N) is 1. The van der Waals surface area contributed by atoms with Crippen LogP contribution in [0.1, 0.15) is 25.3 Å². The molecule has 6 nitrogen and oxygen atoms in total. The number of carbonyl (C=O) groups excluding carboxylic acids is 1. The van der Waals surface area contributed by atoms with E-state index in [1.807, 2.05) is 30.3 Å². The van der Waals surface area contributed by atoms with Crippen LogP contribution in [0.3, 0.4) is 0 Å². The summed E-state index contributed by atoms with van der Waals surface area (Å²) < 4.78 is 10.9. The van der Waals surface area contributed by atoms with Crippen molar-refractivity contribution in [3.63, 3.8) is 0 Å². The van der Waals surface area contributed by atoms with Crippen LogP contribution in [0.4, 0.5) is 0 Å². The molecule has 2 aromatic rings. The number of carboxylic acid groups (broad SMARTS) is 1. The number of halogens is 1. The van der Waals surface area contributed by atoms with Crippen molar-refractivity contribution < 1.29 is 24.2 Å². The second kappa shape index (κ2) is 8.84. The highest BCUT2D eigenvalue weighted by Gasteiger charge is 2.39. The van der Waals surface area contributed by atoms with E-state index < -0.39 is 17.6 Å². The van der Waals surface area contributed by atoms with E-state index >= 15 is 0 Å². The SMILES string of the molecule is COc1ccc(Cl)cc1-c1ccc(C[C@H](NC(=O)C2(C)CCCO2)C(=O)O)cc1. The maximum atomic E-state index is 12.5. The number of hydrogen-bond acceptors (Lipinski definition) is 4. The van der Waals surface area contributed by atoms with Crippen molar-refractivity contribution in [2.75, 3.05) is 13.7 Å². The van der Waals surface area contributed by atoms with Gasteiger partial charge in [0.25, 0.3) is 5.91 Å². The van der Waals surface area contributed by atoms with Gasteiger partial charge in [-0.15, -0.1) is 0 Å². The van der Waals surface area contributed by atoms with Crippen LogP contribution in [-0.4, -0.2) is 42.3 Å². The number of hydrogen-bond donors (Lipinski definition) is 2. The summed E-state index contributed by atoms with van der Waals surface area (Å²) in [7, 11) is 1.59. The summed E-state index contributed by atoms with van der Waals surface area (Å²) in [6.07, 6.45) is 1.54. The molecular weight excluding hydrogens is 394 g/mol. The Bertz CT molecular complexity index is 891. The summed E-state index contributed by atoms with van der Waals surface area (Å²) in [5.41, 5.74) is 1.58. The molecule has 1 heterocycles. The minimum atomic E-state index is -1.08. The standard InChI is InChI=1S/C22H24ClNO5/c1-22(10-3-11-29-22)21(27)24-18(20(25)26)12-14-4-6-15(7-5-14)17-13-16(23)8-9-19(17)28-2/h4-9,13,18H,3,10-12H2,1-2H3,(H,24,27)(H,25,26)/t18-,22?/m0/s1. The number of aliphatic carboxylic acids is 1. The Labute approximate surface area is 174 Å². The summed E-state index contributed by atoms with van der Waals surface area (Å²) in [4.78, 5) is 24.2. The van der Waals surface area contributed by atoms with Crippen molar-refractivity contribution in [2.24, 2.45) is 0 Å². The van der Waals surface area contributed by atoms with Gasteiger partial charge in [-0.1, -0.05) is 35.9 Å². The molecule has 0 spiro atoms. The Morgan fingerprint density at radius 3 is 2.59 bits per heavy atom. The lowest BCUT2D eigenvalue weighted by Crippen LogP contribution is -2.51. The number of carbonyl (C=O) groups is 2. The summed E-state index contributed by atoms with van der Waals surface area (Å²) in [5, 5.41) is 12.8. The molecule has 154 valence electrons. The monoisotopic (exact) mass is 417 g/mol. The topological polar surface area (TPSA) is 84.9 Å². The first-order valence-corrected chi connectivity index (χ1v) is 9.81. The zero-order valence-electron chi connectivity index (χ0n) is 16.4. The van der Waals surface area contributed by atoms with Crippen LogP contribution in [0.15, 0.2) is 42.5 Å². The van der Waals surface area contributed by atoms with Gasteiger partial charge in [-0.25, -0.2) is 4.79 Å². The Kier molecular flexibility index (Phi) is 6.45.